The van der Waals surface area contributed by atoms with Gasteiger partial charge in [-0.1, -0.05) is 279 Å². The molecule has 0 amide bonds. The lowest BCUT2D eigenvalue weighted by atomic mass is 9.87. The Morgan fingerprint density at radius 1 is 0.309 bits per heavy atom. The van der Waals surface area contributed by atoms with Crippen molar-refractivity contribution in [3.63, 3.8) is 0 Å². The Bertz CT molecular complexity index is 6270. The van der Waals surface area contributed by atoms with Crippen LogP contribution >= 0.6 is 22.7 Å². The van der Waals surface area contributed by atoms with Gasteiger partial charge in [0.1, 0.15) is 5.84 Å². The Morgan fingerprint density at radius 3 is 1.48 bits per heavy atom. The maximum absolute atomic E-state index is 5.75. The monoisotopic (exact) mass is 1230 g/mol. The molecule has 2 atom stereocenters. The molecule has 1 N–H and O–H groups in total. The van der Waals surface area contributed by atoms with Crippen LogP contribution in [-0.2, 0) is 0 Å². The molecule has 0 spiro atoms. The van der Waals surface area contributed by atoms with E-state index < -0.39 is 0 Å². The maximum Gasteiger partial charge on any atom is 0.134 e. The lowest BCUT2D eigenvalue weighted by Crippen LogP contribution is -2.39. The van der Waals surface area contributed by atoms with Gasteiger partial charge >= 0.3 is 0 Å². The normalized spacial score (nSPS) is 16.1. The molecular weight excluding hydrogens is 1180 g/mol. The number of amidine groups is 2. The molecular formula is C88H53N4S2-. The number of aliphatic imine (C=N–C) groups is 2. The van der Waals surface area contributed by atoms with Gasteiger partial charge in [-0.3, -0.25) is 0 Å². The fraction of sp³-hybridized carbons (Fsp3) is 0.0227. The third-order valence-electron chi connectivity index (χ3n) is 19.8. The van der Waals surface area contributed by atoms with Gasteiger partial charge < -0.3 is 15.6 Å². The van der Waals surface area contributed by atoms with E-state index in [9.17, 15) is 0 Å². The molecule has 0 bridgehead atoms. The molecule has 0 saturated heterocycles. The molecule has 14 aromatic carbocycles. The summed E-state index contributed by atoms with van der Waals surface area (Å²) in [5, 5.41) is 29.4. The summed E-state index contributed by atoms with van der Waals surface area (Å²) < 4.78 is 5.12. The Balaban J connectivity index is 0.691. The molecule has 4 heterocycles. The molecule has 4 nitrogen and oxygen atoms in total. The zero-order valence-electron chi connectivity index (χ0n) is 50.7. The molecule has 0 saturated carbocycles. The molecule has 438 valence electrons. The number of thiophene rings is 2. The highest BCUT2D eigenvalue weighted by atomic mass is 32.1. The smallest absolute Gasteiger partial charge is 0.134 e. The van der Waals surface area contributed by atoms with Gasteiger partial charge in [-0.15, -0.1) is 22.7 Å². The van der Waals surface area contributed by atoms with Gasteiger partial charge in [0.25, 0.3) is 0 Å². The van der Waals surface area contributed by atoms with Crippen molar-refractivity contribution in [2.75, 3.05) is 0 Å². The molecule has 2 unspecified atom stereocenters. The third-order valence-corrected chi connectivity index (χ3v) is 22.2. The zero-order chi connectivity index (χ0) is 61.5. The lowest BCUT2D eigenvalue weighted by molar-refractivity contribution is 0.830. The highest BCUT2D eigenvalue weighted by Gasteiger charge is 2.27. The number of hydrogen-bond donors (Lipinski definition) is 1. The average Bonchev–Trinajstić information content (AvgIpc) is 1.39. The molecule has 20 rings (SSSR count). The first kappa shape index (κ1) is 53.2. The van der Waals surface area contributed by atoms with Crippen LogP contribution in [0.3, 0.4) is 0 Å². The van der Waals surface area contributed by atoms with E-state index in [0.717, 1.165) is 67.6 Å². The van der Waals surface area contributed by atoms with E-state index in [1.54, 1.807) is 0 Å². The van der Waals surface area contributed by atoms with Crippen molar-refractivity contribution < 1.29 is 0 Å². The topological polar surface area (TPSA) is 50.9 Å². The van der Waals surface area contributed by atoms with Crippen LogP contribution < -0.4 is 5.32 Å². The van der Waals surface area contributed by atoms with Gasteiger partial charge in [0.15, 0.2) is 0 Å². The average molecular weight is 1230 g/mol. The van der Waals surface area contributed by atoms with E-state index in [1.807, 2.05) is 22.7 Å². The summed E-state index contributed by atoms with van der Waals surface area (Å²) >= 11 is 3.78. The van der Waals surface area contributed by atoms with Crippen LogP contribution in [0.2, 0.25) is 0 Å². The van der Waals surface area contributed by atoms with Gasteiger partial charge in [-0.2, -0.15) is 0 Å². The summed E-state index contributed by atoms with van der Waals surface area (Å²) in [5.74, 6) is 1.63. The van der Waals surface area contributed by atoms with Crippen molar-refractivity contribution in [2.24, 2.45) is 9.98 Å². The Hall–Kier alpha value is -11.5. The second kappa shape index (κ2) is 21.0. The van der Waals surface area contributed by atoms with Crippen molar-refractivity contribution in [2.45, 2.75) is 12.1 Å². The molecule has 94 heavy (non-hydrogen) atoms. The molecule has 2 aliphatic carbocycles. The third kappa shape index (κ3) is 8.16. The first-order valence-corrected chi connectivity index (χ1v) is 33.8. The fourth-order valence-corrected chi connectivity index (χ4v) is 18.1. The quantitative estimate of drug-likeness (QED) is 0.159. The summed E-state index contributed by atoms with van der Waals surface area (Å²) in [6.07, 6.45) is 17.3. The van der Waals surface area contributed by atoms with Gasteiger partial charge in [0, 0.05) is 73.9 Å². The molecule has 6 heteroatoms. The second-order valence-corrected chi connectivity index (χ2v) is 27.1. The lowest BCUT2D eigenvalue weighted by Gasteiger charge is -2.37. The van der Waals surface area contributed by atoms with Gasteiger partial charge in [0.05, 0.1) is 11.7 Å². The largest absolute Gasteiger partial charge is 0.454 e. The number of allylic oxidation sites excluding steroid dienone is 4. The number of benzene rings is 14. The van der Waals surface area contributed by atoms with E-state index in [1.165, 1.54) is 127 Å². The molecule has 2 aliphatic heterocycles. The first-order chi connectivity index (χ1) is 46.6. The zero-order valence-corrected chi connectivity index (χ0v) is 52.3. The van der Waals surface area contributed by atoms with Crippen LogP contribution in [-0.4, -0.2) is 23.8 Å². The predicted octanol–water partition coefficient (Wildman–Crippen LogP) is 23.6. The van der Waals surface area contributed by atoms with E-state index in [4.69, 9.17) is 15.3 Å². The number of nitrogens with zero attached hydrogens (tertiary/aromatic N) is 3. The maximum atomic E-state index is 5.75. The SMILES string of the molecule is C1=CC2=C(c3ccccc3-c3ccc(-c4ccc5c(c4)c4ccccc4c4cc(-c6ccc(C7=NC(c8ccccc8)=C8C=CC=CC8N7)cc6)c6c7ccccc7sc6c54)cc3)N=C(c3cc4c5ccccc5c5ccccc5c4c4sc5ccccc5c34)[N-]C2C=C1. The van der Waals surface area contributed by atoms with Crippen molar-refractivity contribution in [3.05, 3.63) is 342 Å². The number of fused-ring (bicyclic) bond motifs is 22. The highest BCUT2D eigenvalue weighted by molar-refractivity contribution is 7.27. The van der Waals surface area contributed by atoms with Crippen LogP contribution in [0.25, 0.3) is 155 Å². The summed E-state index contributed by atoms with van der Waals surface area (Å²) in [4.78, 5) is 11.0. The van der Waals surface area contributed by atoms with E-state index in [-0.39, 0.29) is 12.1 Å². The van der Waals surface area contributed by atoms with Gasteiger partial charge in [-0.25, -0.2) is 4.99 Å². The van der Waals surface area contributed by atoms with Crippen molar-refractivity contribution in [1.82, 2.24) is 5.32 Å². The van der Waals surface area contributed by atoms with Crippen molar-refractivity contribution >= 4 is 151 Å². The minimum absolute atomic E-state index is 0.0419. The molecule has 16 aromatic rings. The Morgan fingerprint density at radius 2 is 0.798 bits per heavy atom. The second-order valence-electron chi connectivity index (χ2n) is 24.9. The molecule has 0 fully saturated rings. The summed E-state index contributed by atoms with van der Waals surface area (Å²) in [6.45, 7) is 0. The van der Waals surface area contributed by atoms with Crippen LogP contribution in [0.1, 0.15) is 22.3 Å². The van der Waals surface area contributed by atoms with E-state index >= 15 is 0 Å². The van der Waals surface area contributed by atoms with Crippen LogP contribution in [0, 0.1) is 0 Å². The van der Waals surface area contributed by atoms with Crippen LogP contribution in [0.4, 0.5) is 0 Å². The number of hydrogen-bond acceptors (Lipinski definition) is 5. The van der Waals surface area contributed by atoms with Gasteiger partial charge in [0.2, 0.25) is 0 Å². The van der Waals surface area contributed by atoms with Crippen molar-refractivity contribution in [3.8, 4) is 33.4 Å². The van der Waals surface area contributed by atoms with Crippen molar-refractivity contribution in [1.29, 1.82) is 0 Å². The standard InChI is InChI=1S/C88H53N4S2/c1-2-20-54(21-3-1)83-66-30-12-16-34-75(66)89-87(91-83)55-44-42-53(43-45-55)70-49-72-62-27-8-6-25-60(62)71-48-56(46-47-64(71)80(72)85-81(70)68-32-14-18-36-77(68)93-85)51-38-40-52(41-39-51)57-22-4-11-29-65(57)84-67-31-13-17-35-76(67)90-88(92-84)74-50-73-61-26-7-5-23-58(61)59-24-9-10-28-63(59)79(73)86-82(74)69-33-15-19-37-78(69)94-86/h1-50,75-76H,(H-,89,90,91,92)/q-1. The van der Waals surface area contributed by atoms with E-state index in [0.29, 0.717) is 0 Å². The Labute approximate surface area is 549 Å². The number of rotatable bonds is 7. The molecule has 2 aromatic heterocycles. The fourth-order valence-electron chi connectivity index (χ4n) is 15.5. The Kier molecular flexibility index (Phi) is 11.9. The molecule has 4 aliphatic rings. The highest BCUT2D eigenvalue weighted by Crippen LogP contribution is 2.51. The number of nitrogens with one attached hydrogen (secondary N) is 1. The summed E-state index contributed by atoms with van der Waals surface area (Å²) in [7, 11) is 0. The molecule has 0 radical (unpaired) electrons. The summed E-state index contributed by atoms with van der Waals surface area (Å²) in [6, 6.07) is 94.0. The van der Waals surface area contributed by atoms with Gasteiger partial charge in [-0.05, 0) is 140 Å². The summed E-state index contributed by atoms with van der Waals surface area (Å²) in [5.41, 5.74) is 15.5. The first-order valence-electron chi connectivity index (χ1n) is 32.2. The van der Waals surface area contributed by atoms with Crippen LogP contribution in [0.15, 0.2) is 325 Å². The minimum Gasteiger partial charge on any atom is -0.454 e. The minimum atomic E-state index is -0.197. The predicted molar refractivity (Wildman–Crippen MR) is 404 cm³/mol. The van der Waals surface area contributed by atoms with E-state index in [2.05, 4.69) is 309 Å². The van der Waals surface area contributed by atoms with Crippen LogP contribution in [0.5, 0.6) is 0 Å².